The van der Waals surface area contributed by atoms with Gasteiger partial charge in [0.15, 0.2) is 5.96 Å². The second kappa shape index (κ2) is 10.4. The van der Waals surface area contributed by atoms with E-state index in [1.807, 2.05) is 30.3 Å². The lowest BCUT2D eigenvalue weighted by Gasteiger charge is -2.14. The minimum Gasteiger partial charge on any atom is -0.496 e. The van der Waals surface area contributed by atoms with E-state index in [2.05, 4.69) is 33.8 Å². The highest BCUT2D eigenvalue weighted by Gasteiger charge is 2.05. The molecule has 0 aliphatic rings. The summed E-state index contributed by atoms with van der Waals surface area (Å²) in [5, 5.41) is 6.69. The van der Waals surface area contributed by atoms with Gasteiger partial charge >= 0.3 is 0 Å². The molecule has 2 rings (SSSR count). The van der Waals surface area contributed by atoms with Crippen LogP contribution in [0.5, 0.6) is 5.75 Å². The van der Waals surface area contributed by atoms with Crippen molar-refractivity contribution in [2.45, 2.75) is 19.6 Å². The maximum Gasteiger partial charge on any atom is 0.191 e. The van der Waals surface area contributed by atoms with Crippen LogP contribution in [0.2, 0.25) is 0 Å². The topological polar surface area (TPSA) is 54.9 Å². The van der Waals surface area contributed by atoms with E-state index in [1.54, 1.807) is 21.3 Å². The number of benzene rings is 2. The Morgan fingerprint density at radius 2 is 1.60 bits per heavy atom. The molecule has 0 spiro atoms. The average molecular weight is 341 g/mol. The van der Waals surface area contributed by atoms with Crippen LogP contribution >= 0.6 is 0 Å². The van der Waals surface area contributed by atoms with Crippen LogP contribution < -0.4 is 15.4 Å². The maximum atomic E-state index is 5.39. The van der Waals surface area contributed by atoms with Gasteiger partial charge in [0.05, 0.1) is 13.7 Å². The molecule has 0 saturated carbocycles. The van der Waals surface area contributed by atoms with E-state index >= 15 is 0 Å². The van der Waals surface area contributed by atoms with Crippen molar-refractivity contribution >= 4 is 5.96 Å². The average Bonchev–Trinajstić information content (AvgIpc) is 2.66. The first-order chi connectivity index (χ1) is 12.3. The molecule has 0 atom stereocenters. The molecule has 2 N–H and O–H groups in total. The summed E-state index contributed by atoms with van der Waals surface area (Å²) in [6, 6.07) is 16.3. The number of rotatable bonds is 8. The Kier molecular flexibility index (Phi) is 7.79. The van der Waals surface area contributed by atoms with Gasteiger partial charge in [0.2, 0.25) is 0 Å². The minimum atomic E-state index is 0.609. The molecule has 134 valence electrons. The Hall–Kier alpha value is -2.53. The first kappa shape index (κ1) is 18.8. The minimum absolute atomic E-state index is 0.609. The Bertz CT molecular complexity index is 686. The summed E-state index contributed by atoms with van der Waals surface area (Å²) in [5.41, 5.74) is 3.57. The molecule has 0 saturated heterocycles. The summed E-state index contributed by atoms with van der Waals surface area (Å²) >= 11 is 0. The summed E-state index contributed by atoms with van der Waals surface area (Å²) in [5.74, 6) is 1.70. The van der Waals surface area contributed by atoms with Crippen LogP contribution in [0.4, 0.5) is 0 Å². The molecule has 5 heteroatoms. The standard InChI is InChI=1S/C20H27N3O2/c1-21-20(22-13-12-16-8-6-7-11-19(16)25-3)23-14-17-9-4-5-10-18(17)15-24-2/h4-11H,12-15H2,1-3H3,(H2,21,22,23). The monoisotopic (exact) mass is 341 g/mol. The molecule has 25 heavy (non-hydrogen) atoms. The molecule has 0 amide bonds. The largest absolute Gasteiger partial charge is 0.496 e. The second-order valence-corrected chi connectivity index (χ2v) is 5.62. The first-order valence-electron chi connectivity index (χ1n) is 8.40. The number of aliphatic imine (C=N–C) groups is 1. The molecule has 0 heterocycles. The molecule has 0 bridgehead atoms. The molecule has 0 aromatic heterocycles. The van der Waals surface area contributed by atoms with Crippen LogP contribution in [0.1, 0.15) is 16.7 Å². The lowest BCUT2D eigenvalue weighted by atomic mass is 10.1. The third-order valence-electron chi connectivity index (χ3n) is 3.97. The van der Waals surface area contributed by atoms with Crippen molar-refractivity contribution in [1.82, 2.24) is 10.6 Å². The van der Waals surface area contributed by atoms with Crippen LogP contribution in [-0.4, -0.2) is 33.8 Å². The highest BCUT2D eigenvalue weighted by Crippen LogP contribution is 2.17. The van der Waals surface area contributed by atoms with Crippen molar-refractivity contribution in [3.05, 3.63) is 65.2 Å². The van der Waals surface area contributed by atoms with Gasteiger partial charge in [0.25, 0.3) is 0 Å². The summed E-state index contributed by atoms with van der Waals surface area (Å²) in [6.45, 7) is 2.09. The van der Waals surface area contributed by atoms with E-state index in [0.717, 1.165) is 24.7 Å². The van der Waals surface area contributed by atoms with Gasteiger partial charge in [0.1, 0.15) is 5.75 Å². The lowest BCUT2D eigenvalue weighted by Crippen LogP contribution is -2.38. The van der Waals surface area contributed by atoms with Crippen LogP contribution in [0.15, 0.2) is 53.5 Å². The van der Waals surface area contributed by atoms with Crippen LogP contribution in [-0.2, 0) is 24.3 Å². The number of guanidine groups is 1. The van der Waals surface area contributed by atoms with Gasteiger partial charge in [-0.15, -0.1) is 0 Å². The van der Waals surface area contributed by atoms with Crippen LogP contribution in [0, 0.1) is 0 Å². The van der Waals surface area contributed by atoms with Gasteiger partial charge in [0, 0.05) is 27.2 Å². The second-order valence-electron chi connectivity index (χ2n) is 5.62. The van der Waals surface area contributed by atoms with Crippen molar-refractivity contribution in [3.63, 3.8) is 0 Å². The Balaban J connectivity index is 1.85. The number of para-hydroxylation sites is 1. The van der Waals surface area contributed by atoms with Crippen molar-refractivity contribution in [3.8, 4) is 5.75 Å². The molecule has 5 nitrogen and oxygen atoms in total. The van der Waals surface area contributed by atoms with E-state index in [-0.39, 0.29) is 0 Å². The van der Waals surface area contributed by atoms with Gasteiger partial charge in [-0.3, -0.25) is 4.99 Å². The number of nitrogens with zero attached hydrogens (tertiary/aromatic N) is 1. The van der Waals surface area contributed by atoms with Gasteiger partial charge in [-0.2, -0.15) is 0 Å². The number of nitrogens with one attached hydrogen (secondary N) is 2. The van der Waals surface area contributed by atoms with E-state index in [1.165, 1.54) is 16.7 Å². The van der Waals surface area contributed by atoms with E-state index in [4.69, 9.17) is 9.47 Å². The van der Waals surface area contributed by atoms with E-state index in [9.17, 15) is 0 Å². The van der Waals surface area contributed by atoms with E-state index in [0.29, 0.717) is 13.2 Å². The molecule has 0 aliphatic heterocycles. The highest BCUT2D eigenvalue weighted by atomic mass is 16.5. The fraction of sp³-hybridized carbons (Fsp3) is 0.350. The van der Waals surface area contributed by atoms with Gasteiger partial charge in [-0.25, -0.2) is 0 Å². The predicted molar refractivity (Wildman–Crippen MR) is 102 cm³/mol. The van der Waals surface area contributed by atoms with Crippen molar-refractivity contribution in [2.75, 3.05) is 27.8 Å². The summed E-state index contributed by atoms with van der Waals surface area (Å²) in [4.78, 5) is 4.28. The Labute approximate surface area is 150 Å². The van der Waals surface area contributed by atoms with Gasteiger partial charge < -0.3 is 20.1 Å². The zero-order valence-electron chi connectivity index (χ0n) is 15.2. The van der Waals surface area contributed by atoms with E-state index < -0.39 is 0 Å². The third-order valence-corrected chi connectivity index (χ3v) is 3.97. The third kappa shape index (κ3) is 5.80. The van der Waals surface area contributed by atoms with Crippen LogP contribution in [0.25, 0.3) is 0 Å². The molecular weight excluding hydrogens is 314 g/mol. The van der Waals surface area contributed by atoms with Crippen molar-refractivity contribution in [2.24, 2.45) is 4.99 Å². The molecule has 2 aromatic carbocycles. The molecule has 0 aliphatic carbocycles. The molecule has 0 unspecified atom stereocenters. The lowest BCUT2D eigenvalue weighted by molar-refractivity contribution is 0.184. The zero-order chi connectivity index (χ0) is 17.9. The molecule has 0 radical (unpaired) electrons. The first-order valence-corrected chi connectivity index (χ1v) is 8.40. The SMILES string of the molecule is CN=C(NCCc1ccccc1OC)NCc1ccccc1COC. The number of ether oxygens (including phenoxy) is 2. The zero-order valence-corrected chi connectivity index (χ0v) is 15.2. The summed E-state index contributed by atoms with van der Waals surface area (Å²) in [6.07, 6.45) is 0.866. The predicted octanol–water partition coefficient (Wildman–Crippen LogP) is 2.75. The number of methoxy groups -OCH3 is 2. The normalized spacial score (nSPS) is 11.2. The summed E-state index contributed by atoms with van der Waals surface area (Å²) < 4.78 is 10.6. The Morgan fingerprint density at radius 1 is 0.920 bits per heavy atom. The fourth-order valence-corrected chi connectivity index (χ4v) is 2.65. The quantitative estimate of drug-likeness (QED) is 0.573. The Morgan fingerprint density at radius 3 is 2.28 bits per heavy atom. The van der Waals surface area contributed by atoms with Gasteiger partial charge in [-0.05, 0) is 29.2 Å². The maximum absolute atomic E-state index is 5.39. The van der Waals surface area contributed by atoms with Gasteiger partial charge in [-0.1, -0.05) is 42.5 Å². The molecular formula is C20H27N3O2. The smallest absolute Gasteiger partial charge is 0.191 e. The highest BCUT2D eigenvalue weighted by molar-refractivity contribution is 5.79. The molecule has 0 fully saturated rings. The van der Waals surface area contributed by atoms with Crippen LogP contribution in [0.3, 0.4) is 0 Å². The fourth-order valence-electron chi connectivity index (χ4n) is 2.65. The number of hydrogen-bond acceptors (Lipinski definition) is 3. The summed E-state index contributed by atoms with van der Waals surface area (Å²) in [7, 11) is 5.19. The van der Waals surface area contributed by atoms with Crippen molar-refractivity contribution in [1.29, 1.82) is 0 Å². The number of hydrogen-bond donors (Lipinski definition) is 2. The van der Waals surface area contributed by atoms with Crippen molar-refractivity contribution < 1.29 is 9.47 Å². The molecule has 2 aromatic rings.